The van der Waals surface area contributed by atoms with E-state index in [2.05, 4.69) is 10.00 Å². The molecular weight excluding hydrogens is 430 g/mol. The summed E-state index contributed by atoms with van der Waals surface area (Å²) in [5.41, 5.74) is 8.62. The first-order valence-corrected chi connectivity index (χ1v) is 10.8. The van der Waals surface area contributed by atoms with Crippen LogP contribution in [0.2, 0.25) is 5.02 Å². The number of ether oxygens (including phenoxy) is 1. The Morgan fingerprint density at radius 2 is 1.62 bits per heavy atom. The van der Waals surface area contributed by atoms with Crippen LogP contribution in [-0.2, 0) is 4.74 Å². The summed E-state index contributed by atoms with van der Waals surface area (Å²) in [6.07, 6.45) is 1.38. The zero-order chi connectivity index (χ0) is 22.7. The molecule has 1 aliphatic heterocycles. The number of benzene rings is 2. The number of aromatic nitrogens is 2. The summed E-state index contributed by atoms with van der Waals surface area (Å²) in [4.78, 5) is 29.0. The van der Waals surface area contributed by atoms with E-state index in [1.165, 1.54) is 10.9 Å². The lowest BCUT2D eigenvalue weighted by molar-refractivity contribution is 0.0527. The molecule has 2 N–H and O–H groups in total. The number of piperazine rings is 1. The van der Waals surface area contributed by atoms with Crippen molar-refractivity contribution >= 4 is 35.0 Å². The Bertz CT molecular complexity index is 1100. The number of nitrogens with zero attached hydrogens (tertiary/aromatic N) is 4. The minimum Gasteiger partial charge on any atom is -0.462 e. The topological polar surface area (TPSA) is 93.7 Å². The fraction of sp³-hybridized carbons (Fsp3) is 0.261. The van der Waals surface area contributed by atoms with Crippen LogP contribution in [0.1, 0.15) is 27.6 Å². The van der Waals surface area contributed by atoms with Crippen molar-refractivity contribution in [2.75, 3.05) is 43.4 Å². The van der Waals surface area contributed by atoms with E-state index in [1.807, 2.05) is 29.2 Å². The molecule has 0 aliphatic carbocycles. The number of anilines is 2. The van der Waals surface area contributed by atoms with Crippen molar-refractivity contribution in [1.82, 2.24) is 14.7 Å². The normalized spacial score (nSPS) is 13.8. The van der Waals surface area contributed by atoms with Crippen LogP contribution in [0.4, 0.5) is 11.5 Å². The first-order valence-electron chi connectivity index (χ1n) is 10.4. The SMILES string of the molecule is CCOC(=O)c1cnn(-c2ccc(C(=O)N3CCN(c4ccc(Cl)cc4)CC3)cc2)c1N. The van der Waals surface area contributed by atoms with E-state index in [0.717, 1.165) is 18.8 Å². The highest BCUT2D eigenvalue weighted by molar-refractivity contribution is 6.30. The number of nitrogens with two attached hydrogens (primary N) is 1. The molecule has 0 radical (unpaired) electrons. The zero-order valence-electron chi connectivity index (χ0n) is 17.7. The number of rotatable bonds is 5. The van der Waals surface area contributed by atoms with Crippen molar-refractivity contribution in [1.29, 1.82) is 0 Å². The monoisotopic (exact) mass is 453 g/mol. The number of hydrogen-bond donors (Lipinski definition) is 1. The van der Waals surface area contributed by atoms with Crippen LogP contribution in [0.25, 0.3) is 5.69 Å². The molecule has 0 unspecified atom stereocenters. The van der Waals surface area contributed by atoms with Crippen molar-refractivity contribution < 1.29 is 14.3 Å². The van der Waals surface area contributed by atoms with Crippen LogP contribution in [0.3, 0.4) is 0 Å². The lowest BCUT2D eigenvalue weighted by Crippen LogP contribution is -2.48. The zero-order valence-corrected chi connectivity index (χ0v) is 18.5. The van der Waals surface area contributed by atoms with E-state index in [-0.39, 0.29) is 23.9 Å². The van der Waals surface area contributed by atoms with Crippen LogP contribution in [0, 0.1) is 0 Å². The molecule has 2 heterocycles. The highest BCUT2D eigenvalue weighted by atomic mass is 35.5. The van der Waals surface area contributed by atoms with Crippen LogP contribution < -0.4 is 10.6 Å². The number of carbonyl (C=O) groups is 2. The van der Waals surface area contributed by atoms with Gasteiger partial charge in [-0.3, -0.25) is 4.79 Å². The van der Waals surface area contributed by atoms with Gasteiger partial charge in [0.1, 0.15) is 11.4 Å². The standard InChI is InChI=1S/C23H24ClN5O3/c1-2-32-23(31)20-15-26-29(21(20)25)19-7-3-16(4-8-19)22(30)28-13-11-27(12-14-28)18-9-5-17(24)6-10-18/h3-10,15H,2,11-14,25H2,1H3. The van der Waals surface area contributed by atoms with Crippen LogP contribution >= 0.6 is 11.6 Å². The summed E-state index contributed by atoms with van der Waals surface area (Å²) in [5, 5.41) is 4.89. The Kier molecular flexibility index (Phi) is 6.32. The molecule has 2 aromatic carbocycles. The highest BCUT2D eigenvalue weighted by Crippen LogP contribution is 2.21. The average molecular weight is 454 g/mol. The van der Waals surface area contributed by atoms with E-state index >= 15 is 0 Å². The number of esters is 1. The fourth-order valence-electron chi connectivity index (χ4n) is 3.68. The van der Waals surface area contributed by atoms with Gasteiger partial charge in [0.2, 0.25) is 0 Å². The maximum Gasteiger partial charge on any atom is 0.343 e. The number of amides is 1. The molecule has 0 bridgehead atoms. The number of carbonyl (C=O) groups excluding carboxylic acids is 2. The van der Waals surface area contributed by atoms with Gasteiger partial charge in [0.05, 0.1) is 18.5 Å². The van der Waals surface area contributed by atoms with Gasteiger partial charge < -0.3 is 20.3 Å². The van der Waals surface area contributed by atoms with E-state index in [0.29, 0.717) is 29.4 Å². The van der Waals surface area contributed by atoms with Gasteiger partial charge in [-0.1, -0.05) is 11.6 Å². The third-order valence-corrected chi connectivity index (χ3v) is 5.67. The minimum absolute atomic E-state index is 0.0204. The van der Waals surface area contributed by atoms with Gasteiger partial charge in [0.15, 0.2) is 0 Å². The summed E-state index contributed by atoms with van der Waals surface area (Å²) in [7, 11) is 0. The maximum absolute atomic E-state index is 12.9. The molecular formula is C23H24ClN5O3. The van der Waals surface area contributed by atoms with E-state index < -0.39 is 5.97 Å². The minimum atomic E-state index is -0.513. The molecule has 0 saturated carbocycles. The average Bonchev–Trinajstić information content (AvgIpc) is 3.21. The predicted molar refractivity (Wildman–Crippen MR) is 124 cm³/mol. The molecule has 0 spiro atoms. The van der Waals surface area contributed by atoms with Crippen molar-refractivity contribution in [3.63, 3.8) is 0 Å². The highest BCUT2D eigenvalue weighted by Gasteiger charge is 2.23. The van der Waals surface area contributed by atoms with E-state index in [1.54, 1.807) is 31.2 Å². The Morgan fingerprint density at radius 1 is 1.00 bits per heavy atom. The van der Waals surface area contributed by atoms with Crippen LogP contribution in [0.15, 0.2) is 54.7 Å². The Balaban J connectivity index is 1.41. The summed E-state index contributed by atoms with van der Waals surface area (Å²) >= 11 is 5.97. The van der Waals surface area contributed by atoms with Crippen LogP contribution in [-0.4, -0.2) is 59.3 Å². The number of hydrogen-bond acceptors (Lipinski definition) is 6. The van der Waals surface area contributed by atoms with Crippen molar-refractivity contribution in [2.24, 2.45) is 0 Å². The second-order valence-corrected chi connectivity index (χ2v) is 7.81. The van der Waals surface area contributed by atoms with Crippen molar-refractivity contribution in [2.45, 2.75) is 6.92 Å². The van der Waals surface area contributed by atoms with Gasteiger partial charge in [0.25, 0.3) is 5.91 Å². The molecule has 3 aromatic rings. The molecule has 0 atom stereocenters. The molecule has 1 saturated heterocycles. The van der Waals surface area contributed by atoms with Crippen molar-refractivity contribution in [3.8, 4) is 5.69 Å². The van der Waals surface area contributed by atoms with Crippen molar-refractivity contribution in [3.05, 3.63) is 70.9 Å². The summed E-state index contributed by atoms with van der Waals surface area (Å²) in [6.45, 7) is 4.77. The molecule has 4 rings (SSSR count). The maximum atomic E-state index is 12.9. The van der Waals surface area contributed by atoms with Gasteiger partial charge in [0, 0.05) is 42.5 Å². The fourth-order valence-corrected chi connectivity index (χ4v) is 3.80. The molecule has 166 valence electrons. The Hall–Kier alpha value is -3.52. The smallest absolute Gasteiger partial charge is 0.343 e. The van der Waals surface area contributed by atoms with Gasteiger partial charge in [-0.2, -0.15) is 5.10 Å². The van der Waals surface area contributed by atoms with E-state index in [4.69, 9.17) is 22.1 Å². The third-order valence-electron chi connectivity index (χ3n) is 5.42. The second-order valence-electron chi connectivity index (χ2n) is 7.38. The van der Waals surface area contributed by atoms with E-state index in [9.17, 15) is 9.59 Å². The van der Waals surface area contributed by atoms with Crippen LogP contribution in [0.5, 0.6) is 0 Å². The second kappa shape index (κ2) is 9.32. The van der Waals surface area contributed by atoms with Gasteiger partial charge in [-0.25, -0.2) is 9.48 Å². The number of nitrogen functional groups attached to an aromatic ring is 1. The van der Waals surface area contributed by atoms with Gasteiger partial charge in [-0.05, 0) is 55.5 Å². The summed E-state index contributed by atoms with van der Waals surface area (Å²) in [5.74, 6) is -0.338. The Labute approximate surface area is 191 Å². The van der Waals surface area contributed by atoms with Gasteiger partial charge in [-0.15, -0.1) is 0 Å². The molecule has 9 heteroatoms. The largest absolute Gasteiger partial charge is 0.462 e. The molecule has 32 heavy (non-hydrogen) atoms. The third kappa shape index (κ3) is 4.40. The predicted octanol–water partition coefficient (Wildman–Crippen LogP) is 3.25. The first kappa shape index (κ1) is 21.7. The molecule has 1 fully saturated rings. The lowest BCUT2D eigenvalue weighted by atomic mass is 10.1. The first-order chi connectivity index (χ1) is 15.5. The molecule has 1 amide bonds. The summed E-state index contributed by atoms with van der Waals surface area (Å²) < 4.78 is 6.43. The quantitative estimate of drug-likeness (QED) is 0.596. The molecule has 1 aromatic heterocycles. The van der Waals surface area contributed by atoms with Gasteiger partial charge >= 0.3 is 5.97 Å². The lowest BCUT2D eigenvalue weighted by Gasteiger charge is -2.36. The molecule has 8 nitrogen and oxygen atoms in total. The molecule has 1 aliphatic rings. The number of halogens is 1. The Morgan fingerprint density at radius 3 is 2.25 bits per heavy atom. The summed E-state index contributed by atoms with van der Waals surface area (Å²) in [6, 6.07) is 14.7.